The number of carbonyl (C=O) groups excluding carboxylic acids is 3. The first-order valence-electron chi connectivity index (χ1n) is 14.7. The van der Waals surface area contributed by atoms with Crippen molar-refractivity contribution in [3.8, 4) is 33.8 Å². The molecule has 0 amide bonds. The van der Waals surface area contributed by atoms with Gasteiger partial charge in [0.15, 0.2) is 0 Å². The third-order valence-electron chi connectivity index (χ3n) is 7.66. The number of hydrogen-bond acceptors (Lipinski definition) is 8. The minimum atomic E-state index is -0.578. The molecule has 3 aromatic carbocycles. The molecule has 8 heteroatoms. The number of benzene rings is 3. The summed E-state index contributed by atoms with van der Waals surface area (Å²) in [5.74, 6) is -0.507. The maximum absolute atomic E-state index is 12.7. The average molecular weight is 611 g/mol. The van der Waals surface area contributed by atoms with E-state index in [-0.39, 0.29) is 23.9 Å². The summed E-state index contributed by atoms with van der Waals surface area (Å²) in [6.45, 7) is 12.1. The van der Waals surface area contributed by atoms with Gasteiger partial charge in [0.25, 0.3) is 0 Å². The first kappa shape index (κ1) is 33.1. The minimum Gasteiger partial charge on any atom is -0.459 e. The van der Waals surface area contributed by atoms with Crippen LogP contribution in [0, 0.1) is 0 Å². The largest absolute Gasteiger partial charge is 0.459 e. The monoisotopic (exact) mass is 610 g/mol. The van der Waals surface area contributed by atoms with Crippen LogP contribution in [-0.2, 0) is 23.9 Å². The maximum atomic E-state index is 12.7. The third kappa shape index (κ3) is 8.65. The SMILES string of the molecule is C=C(C)C(=O)Oc1ccc(-c2ccc(OC(=O)C(=C)COC)c(-c3ccc(C4CCC(OC(=O)C(=C)CO)CC4)cc3)c2)cc1. The van der Waals surface area contributed by atoms with Gasteiger partial charge in [-0.25, -0.2) is 14.4 Å². The van der Waals surface area contributed by atoms with Gasteiger partial charge in [-0.1, -0.05) is 62.2 Å². The van der Waals surface area contributed by atoms with Crippen LogP contribution in [0.2, 0.25) is 0 Å². The van der Waals surface area contributed by atoms with Gasteiger partial charge >= 0.3 is 17.9 Å². The molecule has 1 aliphatic rings. The molecule has 0 atom stereocenters. The number of aliphatic hydroxyl groups excluding tert-OH is 1. The standard InChI is InChI=1S/C37H38O8/c1-23(2)35(39)43-31-17-12-28(13-18-31)30-14-19-34(45-37(41)25(4)22-42-5)33(20-30)29-8-6-26(7-9-29)27-10-15-32(16-11-27)44-36(40)24(3)21-38/h6-9,12-14,17-20,27,32,38H,1,3-4,10-11,15-16,21-22H2,2,5H3. The number of hydrogen-bond donors (Lipinski definition) is 1. The summed E-state index contributed by atoms with van der Waals surface area (Å²) in [6, 6.07) is 20.9. The Balaban J connectivity index is 1.56. The minimum absolute atomic E-state index is 0.0564. The molecule has 0 aliphatic heterocycles. The highest BCUT2D eigenvalue weighted by Crippen LogP contribution is 2.38. The Bertz CT molecular complexity index is 1580. The fraction of sp³-hybridized carbons (Fsp3) is 0.270. The number of rotatable bonds is 12. The molecule has 0 saturated heterocycles. The average Bonchev–Trinajstić information content (AvgIpc) is 3.05. The summed E-state index contributed by atoms with van der Waals surface area (Å²) < 4.78 is 21.6. The van der Waals surface area contributed by atoms with E-state index in [1.807, 2.05) is 36.4 Å². The molecule has 3 aromatic rings. The molecule has 0 radical (unpaired) electrons. The van der Waals surface area contributed by atoms with Crippen molar-refractivity contribution >= 4 is 17.9 Å². The van der Waals surface area contributed by atoms with Gasteiger partial charge < -0.3 is 24.1 Å². The van der Waals surface area contributed by atoms with E-state index in [4.69, 9.17) is 24.1 Å². The molecular formula is C37H38O8. The van der Waals surface area contributed by atoms with Crippen molar-refractivity contribution in [1.82, 2.24) is 0 Å². The van der Waals surface area contributed by atoms with Crippen molar-refractivity contribution in [3.05, 3.63) is 109 Å². The van der Waals surface area contributed by atoms with Crippen LogP contribution in [0.4, 0.5) is 0 Å². The summed E-state index contributed by atoms with van der Waals surface area (Å²) in [4.78, 5) is 36.6. The smallest absolute Gasteiger partial charge is 0.341 e. The zero-order valence-electron chi connectivity index (χ0n) is 25.7. The predicted molar refractivity (Wildman–Crippen MR) is 172 cm³/mol. The van der Waals surface area contributed by atoms with Gasteiger partial charge in [-0.15, -0.1) is 0 Å². The van der Waals surface area contributed by atoms with Crippen LogP contribution >= 0.6 is 0 Å². The molecule has 4 rings (SSSR count). The number of esters is 3. The molecule has 0 spiro atoms. The fourth-order valence-corrected chi connectivity index (χ4v) is 5.09. The second-order valence-corrected chi connectivity index (χ2v) is 11.1. The van der Waals surface area contributed by atoms with E-state index in [0.717, 1.165) is 47.9 Å². The summed E-state index contributed by atoms with van der Waals surface area (Å²) in [6.07, 6.45) is 3.00. The molecule has 1 saturated carbocycles. The molecular weight excluding hydrogens is 572 g/mol. The number of carbonyl (C=O) groups is 3. The van der Waals surface area contributed by atoms with Crippen LogP contribution in [0.25, 0.3) is 22.3 Å². The van der Waals surface area contributed by atoms with E-state index in [0.29, 0.717) is 23.0 Å². The van der Waals surface area contributed by atoms with E-state index in [9.17, 15) is 14.4 Å². The second kappa shape index (κ2) is 15.3. The van der Waals surface area contributed by atoms with E-state index in [2.05, 4.69) is 31.9 Å². The predicted octanol–water partition coefficient (Wildman–Crippen LogP) is 6.73. The molecule has 234 valence electrons. The van der Waals surface area contributed by atoms with E-state index in [1.165, 1.54) is 12.7 Å². The third-order valence-corrected chi connectivity index (χ3v) is 7.66. The normalized spacial score (nSPS) is 15.9. The van der Waals surface area contributed by atoms with E-state index < -0.39 is 24.5 Å². The number of ether oxygens (including phenoxy) is 4. The Morgan fingerprint density at radius 1 is 0.756 bits per heavy atom. The van der Waals surface area contributed by atoms with Crippen molar-refractivity contribution in [1.29, 1.82) is 0 Å². The molecule has 0 heterocycles. The topological polar surface area (TPSA) is 108 Å². The molecule has 1 fully saturated rings. The second-order valence-electron chi connectivity index (χ2n) is 11.1. The van der Waals surface area contributed by atoms with Gasteiger partial charge in [-0.3, -0.25) is 0 Å². The van der Waals surface area contributed by atoms with Crippen LogP contribution in [0.5, 0.6) is 11.5 Å². The molecule has 0 aromatic heterocycles. The van der Waals surface area contributed by atoms with E-state index >= 15 is 0 Å². The highest BCUT2D eigenvalue weighted by atomic mass is 16.5. The summed E-state index contributed by atoms with van der Waals surface area (Å²) in [7, 11) is 1.48. The highest BCUT2D eigenvalue weighted by Gasteiger charge is 2.26. The van der Waals surface area contributed by atoms with Crippen LogP contribution < -0.4 is 9.47 Å². The van der Waals surface area contributed by atoms with Gasteiger partial charge in [0, 0.05) is 18.2 Å². The van der Waals surface area contributed by atoms with Gasteiger partial charge in [-0.2, -0.15) is 0 Å². The van der Waals surface area contributed by atoms with Crippen molar-refractivity contribution in [2.45, 2.75) is 44.6 Å². The summed E-state index contributed by atoms with van der Waals surface area (Å²) in [5, 5.41) is 9.11. The Hall–Kier alpha value is -4.79. The molecule has 45 heavy (non-hydrogen) atoms. The highest BCUT2D eigenvalue weighted by molar-refractivity contribution is 5.92. The van der Waals surface area contributed by atoms with Crippen molar-refractivity contribution < 1.29 is 38.4 Å². The first-order valence-corrected chi connectivity index (χ1v) is 14.7. The number of methoxy groups -OCH3 is 1. The zero-order chi connectivity index (χ0) is 32.5. The summed E-state index contributed by atoms with van der Waals surface area (Å²) in [5.41, 5.74) is 5.07. The first-order chi connectivity index (χ1) is 21.6. The Morgan fingerprint density at radius 2 is 1.38 bits per heavy atom. The van der Waals surface area contributed by atoms with E-state index in [1.54, 1.807) is 25.1 Å². The van der Waals surface area contributed by atoms with Gasteiger partial charge in [-0.05, 0) is 85.0 Å². The Labute approximate surface area is 263 Å². The van der Waals surface area contributed by atoms with Gasteiger partial charge in [0.1, 0.15) is 17.6 Å². The van der Waals surface area contributed by atoms with Crippen LogP contribution in [0.3, 0.4) is 0 Å². The van der Waals surface area contributed by atoms with Gasteiger partial charge in [0.2, 0.25) is 0 Å². The Morgan fingerprint density at radius 3 is 1.98 bits per heavy atom. The summed E-state index contributed by atoms with van der Waals surface area (Å²) >= 11 is 0. The molecule has 8 nitrogen and oxygen atoms in total. The van der Waals surface area contributed by atoms with Crippen LogP contribution in [0.1, 0.15) is 44.1 Å². The van der Waals surface area contributed by atoms with Gasteiger partial charge in [0.05, 0.1) is 24.4 Å². The molecule has 0 bridgehead atoms. The lowest BCUT2D eigenvalue weighted by Crippen LogP contribution is -2.25. The van der Waals surface area contributed by atoms with Crippen LogP contribution in [0.15, 0.2) is 103 Å². The quantitative estimate of drug-likeness (QED) is 0.137. The lowest BCUT2D eigenvalue weighted by molar-refractivity contribution is -0.146. The lowest BCUT2D eigenvalue weighted by Gasteiger charge is -2.28. The molecule has 0 unspecified atom stereocenters. The lowest BCUT2D eigenvalue weighted by atomic mass is 9.82. The van der Waals surface area contributed by atoms with Crippen LogP contribution in [-0.4, -0.2) is 49.4 Å². The zero-order valence-corrected chi connectivity index (χ0v) is 25.7. The molecule has 1 N–H and O–H groups in total. The molecule has 1 aliphatic carbocycles. The van der Waals surface area contributed by atoms with Crippen molar-refractivity contribution in [3.63, 3.8) is 0 Å². The maximum Gasteiger partial charge on any atom is 0.341 e. The number of aliphatic hydroxyl groups is 1. The fourth-order valence-electron chi connectivity index (χ4n) is 5.09. The van der Waals surface area contributed by atoms with Crippen molar-refractivity contribution in [2.75, 3.05) is 20.3 Å². The van der Waals surface area contributed by atoms with Crippen molar-refractivity contribution in [2.24, 2.45) is 0 Å². The Kier molecular flexibility index (Phi) is 11.2.